The Morgan fingerprint density at radius 3 is 2.55 bits per heavy atom. The smallest absolute Gasteiger partial charge is 0.251 e. The highest BCUT2D eigenvalue weighted by molar-refractivity contribution is 5.94. The van der Waals surface area contributed by atoms with Gasteiger partial charge in [-0.15, -0.1) is 0 Å². The fourth-order valence-electron chi connectivity index (χ4n) is 3.61. The van der Waals surface area contributed by atoms with E-state index in [4.69, 9.17) is 0 Å². The number of nitrogens with one attached hydrogen (secondary N) is 3. The van der Waals surface area contributed by atoms with Crippen molar-refractivity contribution in [2.75, 3.05) is 13.1 Å². The summed E-state index contributed by atoms with van der Waals surface area (Å²) in [5, 5.41) is 10.5. The first-order valence-corrected chi connectivity index (χ1v) is 8.65. The molecule has 4 heteroatoms. The molecule has 1 saturated heterocycles. The van der Waals surface area contributed by atoms with Crippen LogP contribution in [0.2, 0.25) is 0 Å². The summed E-state index contributed by atoms with van der Waals surface area (Å²) in [7, 11) is 0. The molecule has 1 saturated carbocycles. The SMILES string of the molecule is O=C(N[C@@H]1CCCC[C@H]1NC[C@@H]1CCCN1)c1ccccc1. The third-order valence-corrected chi connectivity index (χ3v) is 4.91. The third-order valence-electron chi connectivity index (χ3n) is 4.91. The lowest BCUT2D eigenvalue weighted by atomic mass is 9.89. The molecule has 1 aliphatic carbocycles. The van der Waals surface area contributed by atoms with Crippen molar-refractivity contribution in [1.29, 1.82) is 0 Å². The zero-order valence-corrected chi connectivity index (χ0v) is 13.2. The highest BCUT2D eigenvalue weighted by Gasteiger charge is 2.27. The lowest BCUT2D eigenvalue weighted by Gasteiger charge is -2.33. The number of rotatable bonds is 5. The molecule has 1 heterocycles. The minimum absolute atomic E-state index is 0.0540. The average molecular weight is 301 g/mol. The van der Waals surface area contributed by atoms with Gasteiger partial charge in [-0.1, -0.05) is 31.0 Å². The molecule has 3 rings (SSSR count). The van der Waals surface area contributed by atoms with Crippen molar-refractivity contribution in [2.24, 2.45) is 0 Å². The molecule has 1 aliphatic heterocycles. The van der Waals surface area contributed by atoms with Crippen LogP contribution in [0.1, 0.15) is 48.9 Å². The predicted octanol–water partition coefficient (Wildman–Crippen LogP) is 2.07. The van der Waals surface area contributed by atoms with Crippen molar-refractivity contribution >= 4 is 5.91 Å². The van der Waals surface area contributed by atoms with Crippen molar-refractivity contribution in [1.82, 2.24) is 16.0 Å². The van der Waals surface area contributed by atoms with Gasteiger partial charge in [0.05, 0.1) is 0 Å². The molecule has 2 aliphatic rings. The predicted molar refractivity (Wildman–Crippen MR) is 89.0 cm³/mol. The fraction of sp³-hybridized carbons (Fsp3) is 0.611. The minimum atomic E-state index is 0.0540. The van der Waals surface area contributed by atoms with Gasteiger partial charge in [0.2, 0.25) is 0 Å². The van der Waals surface area contributed by atoms with E-state index < -0.39 is 0 Å². The van der Waals surface area contributed by atoms with Crippen LogP contribution in [-0.4, -0.2) is 37.1 Å². The molecule has 22 heavy (non-hydrogen) atoms. The molecule has 1 amide bonds. The summed E-state index contributed by atoms with van der Waals surface area (Å²) in [6, 6.07) is 10.8. The molecule has 0 bridgehead atoms. The van der Waals surface area contributed by atoms with Gasteiger partial charge in [-0.05, 0) is 44.4 Å². The van der Waals surface area contributed by atoms with Crippen molar-refractivity contribution in [3.63, 3.8) is 0 Å². The first-order valence-electron chi connectivity index (χ1n) is 8.65. The zero-order chi connectivity index (χ0) is 15.2. The van der Waals surface area contributed by atoms with Gasteiger partial charge in [0.15, 0.2) is 0 Å². The quantitative estimate of drug-likeness (QED) is 0.780. The van der Waals surface area contributed by atoms with Gasteiger partial charge in [-0.25, -0.2) is 0 Å². The maximum absolute atomic E-state index is 12.4. The monoisotopic (exact) mass is 301 g/mol. The van der Waals surface area contributed by atoms with Crippen LogP contribution >= 0.6 is 0 Å². The number of amides is 1. The van der Waals surface area contributed by atoms with E-state index >= 15 is 0 Å². The summed E-state index contributed by atoms with van der Waals surface area (Å²) >= 11 is 0. The van der Waals surface area contributed by atoms with E-state index in [1.165, 1.54) is 25.7 Å². The molecule has 0 radical (unpaired) electrons. The Bertz CT molecular complexity index is 470. The molecule has 120 valence electrons. The van der Waals surface area contributed by atoms with Gasteiger partial charge < -0.3 is 16.0 Å². The van der Waals surface area contributed by atoms with Crippen LogP contribution in [0, 0.1) is 0 Å². The van der Waals surface area contributed by atoms with Crippen LogP contribution in [0.3, 0.4) is 0 Å². The second kappa shape index (κ2) is 7.75. The standard InChI is InChI=1S/C18H27N3O/c22-18(14-7-2-1-3-8-14)21-17-11-5-4-10-16(17)20-13-15-9-6-12-19-15/h1-3,7-8,15-17,19-20H,4-6,9-13H2,(H,21,22)/t15-,16+,17+/m0/s1. The van der Waals surface area contributed by atoms with Crippen LogP contribution in [0.5, 0.6) is 0 Å². The maximum atomic E-state index is 12.4. The Labute approximate surface area is 133 Å². The van der Waals surface area contributed by atoms with Crippen LogP contribution in [0.4, 0.5) is 0 Å². The van der Waals surface area contributed by atoms with E-state index in [-0.39, 0.29) is 11.9 Å². The van der Waals surface area contributed by atoms with Crippen molar-refractivity contribution in [2.45, 2.75) is 56.7 Å². The summed E-state index contributed by atoms with van der Waals surface area (Å²) in [4.78, 5) is 12.4. The first kappa shape index (κ1) is 15.5. The molecule has 0 spiro atoms. The zero-order valence-electron chi connectivity index (χ0n) is 13.2. The van der Waals surface area contributed by atoms with Crippen LogP contribution in [0.15, 0.2) is 30.3 Å². The second-order valence-electron chi connectivity index (χ2n) is 6.54. The molecule has 3 atom stereocenters. The third kappa shape index (κ3) is 4.08. The summed E-state index contributed by atoms with van der Waals surface area (Å²) in [6.45, 7) is 2.16. The van der Waals surface area contributed by atoms with Gasteiger partial charge in [0, 0.05) is 30.2 Å². The van der Waals surface area contributed by atoms with Crippen LogP contribution < -0.4 is 16.0 Å². The Hall–Kier alpha value is -1.39. The van der Waals surface area contributed by atoms with E-state index in [9.17, 15) is 4.79 Å². The molecular weight excluding hydrogens is 274 g/mol. The van der Waals surface area contributed by atoms with Crippen LogP contribution in [-0.2, 0) is 0 Å². The molecular formula is C18H27N3O. The van der Waals surface area contributed by atoms with Gasteiger partial charge >= 0.3 is 0 Å². The highest BCUT2D eigenvalue weighted by Crippen LogP contribution is 2.19. The second-order valence-corrected chi connectivity index (χ2v) is 6.54. The van der Waals surface area contributed by atoms with Gasteiger partial charge in [-0.3, -0.25) is 4.79 Å². The molecule has 1 aromatic rings. The highest BCUT2D eigenvalue weighted by atomic mass is 16.1. The van der Waals surface area contributed by atoms with E-state index in [1.54, 1.807) is 0 Å². The summed E-state index contributed by atoms with van der Waals surface area (Å²) in [6.07, 6.45) is 7.25. The van der Waals surface area contributed by atoms with Gasteiger partial charge in [0.1, 0.15) is 0 Å². The number of carbonyl (C=O) groups is 1. The Kier molecular flexibility index (Phi) is 5.46. The molecule has 0 aromatic heterocycles. The summed E-state index contributed by atoms with van der Waals surface area (Å²) in [5.41, 5.74) is 0.754. The first-order chi connectivity index (χ1) is 10.8. The van der Waals surface area contributed by atoms with Crippen molar-refractivity contribution < 1.29 is 4.79 Å². The largest absolute Gasteiger partial charge is 0.348 e. The fourth-order valence-corrected chi connectivity index (χ4v) is 3.61. The van der Waals surface area contributed by atoms with E-state index in [1.807, 2.05) is 30.3 Å². The maximum Gasteiger partial charge on any atom is 0.251 e. The molecule has 0 unspecified atom stereocenters. The average Bonchev–Trinajstić information content (AvgIpc) is 3.08. The van der Waals surface area contributed by atoms with Crippen molar-refractivity contribution in [3.8, 4) is 0 Å². The van der Waals surface area contributed by atoms with Crippen molar-refractivity contribution in [3.05, 3.63) is 35.9 Å². The number of hydrogen-bond donors (Lipinski definition) is 3. The Morgan fingerprint density at radius 1 is 1.05 bits per heavy atom. The topological polar surface area (TPSA) is 53.2 Å². The Balaban J connectivity index is 1.54. The van der Waals surface area contributed by atoms with Crippen LogP contribution in [0.25, 0.3) is 0 Å². The molecule has 1 aromatic carbocycles. The van der Waals surface area contributed by atoms with E-state index in [2.05, 4.69) is 16.0 Å². The Morgan fingerprint density at radius 2 is 1.82 bits per heavy atom. The molecule has 3 N–H and O–H groups in total. The molecule has 2 fully saturated rings. The lowest BCUT2D eigenvalue weighted by molar-refractivity contribution is 0.0915. The van der Waals surface area contributed by atoms with E-state index in [0.717, 1.165) is 31.5 Å². The minimum Gasteiger partial charge on any atom is -0.348 e. The number of benzene rings is 1. The molecule has 4 nitrogen and oxygen atoms in total. The lowest BCUT2D eigenvalue weighted by Crippen LogP contribution is -2.53. The number of hydrogen-bond acceptors (Lipinski definition) is 3. The van der Waals surface area contributed by atoms with Gasteiger partial charge in [-0.2, -0.15) is 0 Å². The summed E-state index contributed by atoms with van der Waals surface area (Å²) in [5.74, 6) is 0.0540. The van der Waals surface area contributed by atoms with E-state index in [0.29, 0.717) is 12.1 Å². The summed E-state index contributed by atoms with van der Waals surface area (Å²) < 4.78 is 0. The van der Waals surface area contributed by atoms with Gasteiger partial charge in [0.25, 0.3) is 5.91 Å². The normalized spacial score (nSPS) is 28.5. The number of carbonyl (C=O) groups excluding carboxylic acids is 1.